The lowest BCUT2D eigenvalue weighted by atomic mass is 10.1. The average Bonchev–Trinajstić information content (AvgIpc) is 2.51. The fourth-order valence-corrected chi connectivity index (χ4v) is 2.38. The molecule has 1 aliphatic heterocycles. The van der Waals surface area contributed by atoms with E-state index in [1.54, 1.807) is 13.2 Å². The van der Waals surface area contributed by atoms with Crippen LogP contribution in [0, 0.1) is 0 Å². The van der Waals surface area contributed by atoms with E-state index in [0.717, 1.165) is 17.0 Å². The predicted octanol–water partition coefficient (Wildman–Crippen LogP) is 3.00. The van der Waals surface area contributed by atoms with Crippen molar-refractivity contribution >= 4 is 11.7 Å². The Hall–Kier alpha value is -2.49. The van der Waals surface area contributed by atoms with E-state index in [1.807, 2.05) is 54.4 Å². The number of hydrogen-bond donors (Lipinski definition) is 0. The third-order valence-corrected chi connectivity index (χ3v) is 3.48. The molecule has 20 heavy (non-hydrogen) atoms. The molecule has 3 rings (SSSR count). The number of hydrogen-bond acceptors (Lipinski definition) is 4. The van der Waals surface area contributed by atoms with E-state index in [0.29, 0.717) is 5.56 Å². The Balaban J connectivity index is 1.97. The number of ether oxygens (including phenoxy) is 2. The molecule has 1 atom stereocenters. The van der Waals surface area contributed by atoms with Crippen molar-refractivity contribution in [3.63, 3.8) is 0 Å². The van der Waals surface area contributed by atoms with Crippen LogP contribution in [0.2, 0.25) is 0 Å². The van der Waals surface area contributed by atoms with Gasteiger partial charge in [-0.25, -0.2) is 4.79 Å². The van der Waals surface area contributed by atoms with Crippen LogP contribution in [-0.2, 0) is 4.74 Å². The van der Waals surface area contributed by atoms with Crippen LogP contribution in [0.1, 0.15) is 22.1 Å². The summed E-state index contributed by atoms with van der Waals surface area (Å²) in [4.78, 5) is 14.0. The number of rotatable bonds is 2. The van der Waals surface area contributed by atoms with Crippen LogP contribution in [0.5, 0.6) is 5.75 Å². The first-order valence-corrected chi connectivity index (χ1v) is 6.37. The van der Waals surface area contributed by atoms with Crippen LogP contribution < -0.4 is 9.64 Å². The van der Waals surface area contributed by atoms with Gasteiger partial charge in [0.25, 0.3) is 0 Å². The van der Waals surface area contributed by atoms with Crippen LogP contribution >= 0.6 is 0 Å². The van der Waals surface area contributed by atoms with E-state index in [4.69, 9.17) is 9.47 Å². The van der Waals surface area contributed by atoms with Gasteiger partial charge in [0.2, 0.25) is 6.23 Å². The van der Waals surface area contributed by atoms with Crippen LogP contribution in [0.3, 0.4) is 0 Å². The molecule has 0 fully saturated rings. The van der Waals surface area contributed by atoms with Crippen molar-refractivity contribution in [1.29, 1.82) is 0 Å². The van der Waals surface area contributed by atoms with Crippen LogP contribution in [0.25, 0.3) is 0 Å². The highest BCUT2D eigenvalue weighted by atomic mass is 16.6. The Bertz CT molecular complexity index is 636. The molecule has 2 aromatic rings. The van der Waals surface area contributed by atoms with Gasteiger partial charge in [-0.1, -0.05) is 12.1 Å². The summed E-state index contributed by atoms with van der Waals surface area (Å²) in [6, 6.07) is 15.0. The van der Waals surface area contributed by atoms with Crippen molar-refractivity contribution in [3.05, 3.63) is 59.7 Å². The zero-order chi connectivity index (χ0) is 14.1. The number of methoxy groups -OCH3 is 1. The summed E-state index contributed by atoms with van der Waals surface area (Å²) in [5, 5.41) is 0. The summed E-state index contributed by atoms with van der Waals surface area (Å²) in [5.41, 5.74) is 2.39. The molecule has 0 spiro atoms. The second-order valence-corrected chi connectivity index (χ2v) is 4.66. The Morgan fingerprint density at radius 3 is 2.50 bits per heavy atom. The average molecular weight is 269 g/mol. The molecule has 4 nitrogen and oxygen atoms in total. The number of carbonyl (C=O) groups excluding carboxylic acids is 1. The van der Waals surface area contributed by atoms with Gasteiger partial charge in [0.05, 0.1) is 18.4 Å². The monoisotopic (exact) mass is 269 g/mol. The zero-order valence-electron chi connectivity index (χ0n) is 11.4. The highest BCUT2D eigenvalue weighted by Crippen LogP contribution is 2.35. The minimum absolute atomic E-state index is 0.292. The first kappa shape index (κ1) is 12.5. The van der Waals surface area contributed by atoms with Crippen molar-refractivity contribution in [2.75, 3.05) is 19.1 Å². The Morgan fingerprint density at radius 1 is 1.10 bits per heavy atom. The molecular weight excluding hydrogens is 254 g/mol. The van der Waals surface area contributed by atoms with E-state index in [2.05, 4.69) is 0 Å². The number of para-hydroxylation sites is 1. The van der Waals surface area contributed by atoms with E-state index < -0.39 is 6.23 Å². The summed E-state index contributed by atoms with van der Waals surface area (Å²) < 4.78 is 10.7. The maximum absolute atomic E-state index is 12.1. The van der Waals surface area contributed by atoms with Gasteiger partial charge >= 0.3 is 5.97 Å². The molecule has 0 amide bonds. The van der Waals surface area contributed by atoms with Crippen LogP contribution in [-0.4, -0.2) is 20.1 Å². The molecule has 1 unspecified atom stereocenters. The standard InChI is InChI=1S/C16H15NO3/c1-17-14-6-4-3-5-13(14)16(18)20-15(17)11-7-9-12(19-2)10-8-11/h3-10,15H,1-2H3. The van der Waals surface area contributed by atoms with Gasteiger partial charge in [-0.3, -0.25) is 0 Å². The van der Waals surface area contributed by atoms with E-state index >= 15 is 0 Å². The minimum Gasteiger partial charge on any atom is -0.497 e. The first-order valence-electron chi connectivity index (χ1n) is 6.37. The summed E-state index contributed by atoms with van der Waals surface area (Å²) in [6.45, 7) is 0. The Labute approximate surface area is 117 Å². The molecule has 102 valence electrons. The number of nitrogens with zero attached hydrogens (tertiary/aromatic N) is 1. The van der Waals surface area contributed by atoms with Gasteiger partial charge in [-0.2, -0.15) is 0 Å². The van der Waals surface area contributed by atoms with Crippen molar-refractivity contribution < 1.29 is 14.3 Å². The molecule has 4 heteroatoms. The number of esters is 1. The molecular formula is C16H15NO3. The van der Waals surface area contributed by atoms with Gasteiger partial charge in [-0.05, 0) is 36.4 Å². The molecule has 0 saturated heterocycles. The zero-order valence-corrected chi connectivity index (χ0v) is 11.4. The predicted molar refractivity (Wildman–Crippen MR) is 76.0 cm³/mol. The molecule has 0 radical (unpaired) electrons. The molecule has 2 aromatic carbocycles. The smallest absolute Gasteiger partial charge is 0.342 e. The molecule has 1 aliphatic rings. The maximum atomic E-state index is 12.1. The topological polar surface area (TPSA) is 38.8 Å². The second-order valence-electron chi connectivity index (χ2n) is 4.66. The first-order chi connectivity index (χ1) is 9.70. The van der Waals surface area contributed by atoms with Gasteiger partial charge < -0.3 is 14.4 Å². The van der Waals surface area contributed by atoms with Gasteiger partial charge in [0.1, 0.15) is 5.75 Å². The normalized spacial score (nSPS) is 17.4. The van der Waals surface area contributed by atoms with Crippen LogP contribution in [0.4, 0.5) is 5.69 Å². The lowest BCUT2D eigenvalue weighted by molar-refractivity contribution is 0.0263. The third-order valence-electron chi connectivity index (χ3n) is 3.48. The van der Waals surface area contributed by atoms with Crippen LogP contribution in [0.15, 0.2) is 48.5 Å². The molecule has 0 saturated carbocycles. The lowest BCUT2D eigenvalue weighted by Gasteiger charge is -2.35. The van der Waals surface area contributed by atoms with Crippen molar-refractivity contribution in [2.45, 2.75) is 6.23 Å². The number of cyclic esters (lactones) is 1. The molecule has 1 heterocycles. The van der Waals surface area contributed by atoms with Gasteiger partial charge in [0, 0.05) is 12.6 Å². The third kappa shape index (κ3) is 1.99. The van der Waals surface area contributed by atoms with E-state index in [9.17, 15) is 4.79 Å². The van der Waals surface area contributed by atoms with Crippen molar-refractivity contribution in [3.8, 4) is 5.75 Å². The second kappa shape index (κ2) is 4.89. The quantitative estimate of drug-likeness (QED) is 0.786. The summed E-state index contributed by atoms with van der Waals surface area (Å²) in [7, 11) is 3.54. The minimum atomic E-state index is -0.414. The van der Waals surface area contributed by atoms with Crippen molar-refractivity contribution in [1.82, 2.24) is 0 Å². The molecule has 0 N–H and O–H groups in total. The Kier molecular flexibility index (Phi) is 3.06. The van der Waals surface area contributed by atoms with Gasteiger partial charge in [-0.15, -0.1) is 0 Å². The van der Waals surface area contributed by atoms with Gasteiger partial charge in [0.15, 0.2) is 0 Å². The lowest BCUT2D eigenvalue weighted by Crippen LogP contribution is -2.34. The van der Waals surface area contributed by atoms with Crippen molar-refractivity contribution in [2.24, 2.45) is 0 Å². The largest absolute Gasteiger partial charge is 0.497 e. The fourth-order valence-electron chi connectivity index (χ4n) is 2.38. The SMILES string of the molecule is COc1ccc(C2OC(=O)c3ccccc3N2C)cc1. The number of fused-ring (bicyclic) bond motifs is 1. The summed E-state index contributed by atoms with van der Waals surface area (Å²) >= 11 is 0. The molecule has 0 bridgehead atoms. The van der Waals surface area contributed by atoms with E-state index in [-0.39, 0.29) is 5.97 Å². The number of carbonyl (C=O) groups is 1. The number of benzene rings is 2. The highest BCUT2D eigenvalue weighted by Gasteiger charge is 2.31. The summed E-state index contributed by atoms with van der Waals surface area (Å²) in [5.74, 6) is 0.485. The molecule has 0 aromatic heterocycles. The summed E-state index contributed by atoms with van der Waals surface area (Å²) in [6.07, 6.45) is -0.414. The number of anilines is 1. The van der Waals surface area contributed by atoms with E-state index in [1.165, 1.54) is 0 Å². The maximum Gasteiger partial charge on any atom is 0.342 e. The fraction of sp³-hybridized carbons (Fsp3) is 0.188. The molecule has 0 aliphatic carbocycles. The Morgan fingerprint density at radius 2 is 1.80 bits per heavy atom. The highest BCUT2D eigenvalue weighted by molar-refractivity contribution is 5.97.